The largest absolute Gasteiger partial charge is 0.379 e. The van der Waals surface area contributed by atoms with Crippen LogP contribution in [0.1, 0.15) is 31.2 Å². The zero-order chi connectivity index (χ0) is 15.4. The predicted octanol–water partition coefficient (Wildman–Crippen LogP) is 2.09. The third kappa shape index (κ3) is 3.47. The van der Waals surface area contributed by atoms with Crippen LogP contribution in [0.5, 0.6) is 0 Å². The summed E-state index contributed by atoms with van der Waals surface area (Å²) < 4.78 is 18.9. The first-order chi connectivity index (χ1) is 10.8. The van der Waals surface area contributed by atoms with Gasteiger partial charge in [0.25, 0.3) is 0 Å². The Hall–Kier alpha value is -1.46. The van der Waals surface area contributed by atoms with Crippen molar-refractivity contribution < 1.29 is 13.9 Å². The summed E-state index contributed by atoms with van der Waals surface area (Å²) in [7, 11) is 0. The summed E-state index contributed by atoms with van der Waals surface area (Å²) in [6.45, 7) is 2.74. The van der Waals surface area contributed by atoms with Crippen LogP contribution in [0, 0.1) is 5.82 Å². The van der Waals surface area contributed by atoms with Gasteiger partial charge in [0, 0.05) is 31.2 Å². The van der Waals surface area contributed by atoms with E-state index in [1.807, 2.05) is 11.0 Å². The molecule has 2 aliphatic heterocycles. The van der Waals surface area contributed by atoms with Gasteiger partial charge >= 0.3 is 0 Å². The molecule has 1 N–H and O–H groups in total. The molecule has 2 heterocycles. The van der Waals surface area contributed by atoms with Crippen LogP contribution in [0.25, 0.3) is 0 Å². The predicted molar refractivity (Wildman–Crippen MR) is 81.8 cm³/mol. The van der Waals surface area contributed by atoms with Crippen molar-refractivity contribution in [1.29, 1.82) is 0 Å². The van der Waals surface area contributed by atoms with Crippen molar-refractivity contribution in [3.63, 3.8) is 0 Å². The SMILES string of the molecule is O=C1CCC(CCNCc2ccccc2F)N1C1CCOC1. The molecule has 0 radical (unpaired) electrons. The first kappa shape index (κ1) is 15.4. The summed E-state index contributed by atoms with van der Waals surface area (Å²) in [6.07, 6.45) is 3.44. The van der Waals surface area contributed by atoms with Crippen molar-refractivity contribution in [2.45, 2.75) is 44.3 Å². The molecule has 0 spiro atoms. The summed E-state index contributed by atoms with van der Waals surface area (Å²) in [6, 6.07) is 7.37. The number of amides is 1. The van der Waals surface area contributed by atoms with E-state index in [0.29, 0.717) is 31.2 Å². The van der Waals surface area contributed by atoms with Crippen LogP contribution < -0.4 is 5.32 Å². The molecule has 1 amide bonds. The minimum absolute atomic E-state index is 0.171. The first-order valence-electron chi connectivity index (χ1n) is 8.09. The lowest BCUT2D eigenvalue weighted by Crippen LogP contribution is -2.43. The first-order valence-corrected chi connectivity index (χ1v) is 8.09. The van der Waals surface area contributed by atoms with E-state index in [1.54, 1.807) is 12.1 Å². The van der Waals surface area contributed by atoms with Gasteiger partial charge < -0.3 is 15.0 Å². The highest BCUT2D eigenvalue weighted by Gasteiger charge is 2.37. The maximum Gasteiger partial charge on any atom is 0.223 e. The Bertz CT molecular complexity index is 517. The number of halogens is 1. The number of benzene rings is 1. The van der Waals surface area contributed by atoms with Crippen LogP contribution in [0.3, 0.4) is 0 Å². The highest BCUT2D eigenvalue weighted by molar-refractivity contribution is 5.79. The fourth-order valence-electron chi connectivity index (χ4n) is 3.42. The molecule has 0 aliphatic carbocycles. The summed E-state index contributed by atoms with van der Waals surface area (Å²) in [5.41, 5.74) is 0.686. The number of ether oxygens (including phenoxy) is 1. The van der Waals surface area contributed by atoms with Gasteiger partial charge in [-0.15, -0.1) is 0 Å². The Morgan fingerprint density at radius 2 is 2.18 bits per heavy atom. The number of nitrogens with one attached hydrogen (secondary N) is 1. The lowest BCUT2D eigenvalue weighted by molar-refractivity contribution is -0.131. The highest BCUT2D eigenvalue weighted by Crippen LogP contribution is 2.27. The molecule has 0 aromatic heterocycles. The molecule has 1 aromatic carbocycles. The summed E-state index contributed by atoms with van der Waals surface area (Å²) in [5.74, 6) is 0.0883. The normalized spacial score (nSPS) is 25.1. The van der Waals surface area contributed by atoms with Crippen LogP contribution in [0.15, 0.2) is 24.3 Å². The molecule has 1 aromatic rings. The fraction of sp³-hybridized carbons (Fsp3) is 0.588. The van der Waals surface area contributed by atoms with E-state index in [2.05, 4.69) is 5.32 Å². The molecule has 22 heavy (non-hydrogen) atoms. The van der Waals surface area contributed by atoms with Gasteiger partial charge in [-0.25, -0.2) is 4.39 Å². The van der Waals surface area contributed by atoms with E-state index in [9.17, 15) is 9.18 Å². The molecule has 5 heteroatoms. The van der Waals surface area contributed by atoms with Gasteiger partial charge in [-0.2, -0.15) is 0 Å². The van der Waals surface area contributed by atoms with Gasteiger partial charge in [-0.1, -0.05) is 18.2 Å². The number of hydrogen-bond donors (Lipinski definition) is 1. The lowest BCUT2D eigenvalue weighted by Gasteiger charge is -2.30. The van der Waals surface area contributed by atoms with E-state index in [1.165, 1.54) is 6.07 Å². The zero-order valence-corrected chi connectivity index (χ0v) is 12.8. The second-order valence-electron chi connectivity index (χ2n) is 6.07. The minimum Gasteiger partial charge on any atom is -0.379 e. The second-order valence-corrected chi connectivity index (χ2v) is 6.07. The molecule has 0 bridgehead atoms. The lowest BCUT2D eigenvalue weighted by atomic mass is 10.1. The second kappa shape index (κ2) is 7.20. The number of hydrogen-bond acceptors (Lipinski definition) is 3. The van der Waals surface area contributed by atoms with Gasteiger partial charge in [0.15, 0.2) is 0 Å². The van der Waals surface area contributed by atoms with Gasteiger partial charge in [0.1, 0.15) is 5.82 Å². The number of rotatable bonds is 6. The molecular formula is C17H23FN2O2. The van der Waals surface area contributed by atoms with E-state index >= 15 is 0 Å². The maximum atomic E-state index is 13.5. The van der Waals surface area contributed by atoms with Crippen LogP contribution >= 0.6 is 0 Å². The van der Waals surface area contributed by atoms with E-state index in [4.69, 9.17) is 4.74 Å². The van der Waals surface area contributed by atoms with E-state index in [-0.39, 0.29) is 17.8 Å². The number of nitrogens with zero attached hydrogens (tertiary/aromatic N) is 1. The standard InChI is InChI=1S/C17H23FN2O2/c18-16-4-2-1-3-13(16)11-19-9-7-14-5-6-17(21)20(14)15-8-10-22-12-15/h1-4,14-15,19H,5-12H2. The van der Waals surface area contributed by atoms with Gasteiger partial charge in [0.05, 0.1) is 12.6 Å². The van der Waals surface area contributed by atoms with Gasteiger partial charge in [-0.3, -0.25) is 4.79 Å². The molecule has 2 atom stereocenters. The Morgan fingerprint density at radius 1 is 1.32 bits per heavy atom. The average Bonchev–Trinajstić information content (AvgIpc) is 3.15. The van der Waals surface area contributed by atoms with Crippen molar-refractivity contribution >= 4 is 5.91 Å². The van der Waals surface area contributed by atoms with Crippen molar-refractivity contribution in [2.75, 3.05) is 19.8 Å². The van der Waals surface area contributed by atoms with Gasteiger partial charge in [-0.05, 0) is 31.9 Å². The monoisotopic (exact) mass is 306 g/mol. The van der Waals surface area contributed by atoms with Crippen molar-refractivity contribution in [3.05, 3.63) is 35.6 Å². The Kier molecular flexibility index (Phi) is 5.05. The topological polar surface area (TPSA) is 41.6 Å². The smallest absolute Gasteiger partial charge is 0.223 e. The number of carbonyl (C=O) groups excluding carboxylic acids is 1. The van der Waals surface area contributed by atoms with Crippen molar-refractivity contribution in [1.82, 2.24) is 10.2 Å². The van der Waals surface area contributed by atoms with Crippen LogP contribution in [-0.4, -0.2) is 42.6 Å². The van der Waals surface area contributed by atoms with Crippen LogP contribution in [0.4, 0.5) is 4.39 Å². The fourth-order valence-corrected chi connectivity index (χ4v) is 3.42. The molecule has 0 saturated carbocycles. The molecule has 4 nitrogen and oxygen atoms in total. The molecule has 2 unspecified atom stereocenters. The van der Waals surface area contributed by atoms with Crippen molar-refractivity contribution in [2.24, 2.45) is 0 Å². The number of likely N-dealkylation sites (tertiary alicyclic amines) is 1. The van der Waals surface area contributed by atoms with Crippen molar-refractivity contribution in [3.8, 4) is 0 Å². The minimum atomic E-state index is -0.171. The third-order valence-corrected chi connectivity index (χ3v) is 4.60. The molecule has 3 rings (SSSR count). The summed E-state index contributed by atoms with van der Waals surface area (Å²) >= 11 is 0. The Balaban J connectivity index is 1.46. The van der Waals surface area contributed by atoms with E-state index < -0.39 is 0 Å². The van der Waals surface area contributed by atoms with E-state index in [0.717, 1.165) is 32.4 Å². The summed E-state index contributed by atoms with van der Waals surface area (Å²) in [4.78, 5) is 14.1. The van der Waals surface area contributed by atoms with Crippen LogP contribution in [-0.2, 0) is 16.1 Å². The molecule has 120 valence electrons. The highest BCUT2D eigenvalue weighted by atomic mass is 19.1. The molecule has 2 saturated heterocycles. The zero-order valence-electron chi connectivity index (χ0n) is 12.8. The Labute approximate surface area is 130 Å². The molecule has 2 aliphatic rings. The quantitative estimate of drug-likeness (QED) is 0.818. The molecule has 2 fully saturated rings. The summed E-state index contributed by atoms with van der Waals surface area (Å²) in [5, 5.41) is 3.29. The van der Waals surface area contributed by atoms with Crippen LogP contribution in [0.2, 0.25) is 0 Å². The maximum absolute atomic E-state index is 13.5. The molecular weight excluding hydrogens is 283 g/mol. The Morgan fingerprint density at radius 3 is 2.95 bits per heavy atom. The van der Waals surface area contributed by atoms with Gasteiger partial charge in [0.2, 0.25) is 5.91 Å². The average molecular weight is 306 g/mol. The third-order valence-electron chi connectivity index (χ3n) is 4.60. The number of carbonyl (C=O) groups is 1.